The van der Waals surface area contributed by atoms with E-state index in [-0.39, 0.29) is 28.2 Å². The van der Waals surface area contributed by atoms with Crippen LogP contribution in [0.2, 0.25) is 10.0 Å². The Morgan fingerprint density at radius 2 is 1.54 bits per heavy atom. The third-order valence-electron chi connectivity index (χ3n) is 5.94. The number of carbonyl (C=O) groups excluding carboxylic acids is 2. The van der Waals surface area contributed by atoms with Crippen molar-refractivity contribution in [2.45, 2.75) is 51.2 Å². The summed E-state index contributed by atoms with van der Waals surface area (Å²) in [6, 6.07) is 14.7. The summed E-state index contributed by atoms with van der Waals surface area (Å²) in [6.45, 7) is 6.37. The van der Waals surface area contributed by atoms with Crippen molar-refractivity contribution in [3.05, 3.63) is 93.7 Å². The number of halogens is 3. The first kappa shape index (κ1) is 30.4. The van der Waals surface area contributed by atoms with E-state index in [0.717, 1.165) is 34.1 Å². The fourth-order valence-electron chi connectivity index (χ4n) is 3.80. The molecule has 0 spiro atoms. The molecule has 7 nitrogen and oxygen atoms in total. The predicted molar refractivity (Wildman–Crippen MR) is 152 cm³/mol. The van der Waals surface area contributed by atoms with E-state index in [1.807, 2.05) is 6.92 Å². The number of hydrogen-bond donors (Lipinski definition) is 1. The Hall–Kier alpha value is -3.14. The minimum atomic E-state index is -4.28. The van der Waals surface area contributed by atoms with Crippen molar-refractivity contribution in [2.24, 2.45) is 0 Å². The highest BCUT2D eigenvalue weighted by Gasteiger charge is 2.32. The van der Waals surface area contributed by atoms with Gasteiger partial charge in [-0.3, -0.25) is 13.9 Å². The second-order valence-corrected chi connectivity index (χ2v) is 12.1. The van der Waals surface area contributed by atoms with Crippen LogP contribution in [0.4, 0.5) is 10.1 Å². The van der Waals surface area contributed by atoms with Crippen LogP contribution in [-0.2, 0) is 26.2 Å². The summed E-state index contributed by atoms with van der Waals surface area (Å²) in [7, 11) is -4.28. The first-order chi connectivity index (χ1) is 18.3. The molecule has 208 valence electrons. The monoisotopic (exact) mass is 593 g/mol. The molecule has 0 aliphatic carbocycles. The number of sulfonamides is 1. The second-order valence-electron chi connectivity index (χ2n) is 9.41. The normalized spacial score (nSPS) is 12.2. The molecular formula is C28H30Cl2FN3O4S. The van der Waals surface area contributed by atoms with Gasteiger partial charge in [-0.25, -0.2) is 12.8 Å². The summed E-state index contributed by atoms with van der Waals surface area (Å²) in [5.41, 5.74) is 1.74. The fraction of sp³-hybridized carbons (Fsp3) is 0.286. The van der Waals surface area contributed by atoms with Crippen molar-refractivity contribution < 1.29 is 22.4 Å². The predicted octanol–water partition coefficient (Wildman–Crippen LogP) is 5.58. The Bertz CT molecular complexity index is 1430. The zero-order chi connectivity index (χ0) is 28.9. The average Bonchev–Trinajstić information content (AvgIpc) is 2.87. The number of amides is 2. The minimum absolute atomic E-state index is 0.0270. The molecule has 0 bridgehead atoms. The third kappa shape index (κ3) is 7.71. The molecule has 3 aromatic rings. The van der Waals surface area contributed by atoms with Gasteiger partial charge in [-0.15, -0.1) is 0 Å². The van der Waals surface area contributed by atoms with Gasteiger partial charge in [-0.05, 0) is 81.8 Å². The molecule has 0 unspecified atom stereocenters. The first-order valence-corrected chi connectivity index (χ1v) is 14.4. The maximum absolute atomic E-state index is 13.8. The molecule has 11 heteroatoms. The summed E-state index contributed by atoms with van der Waals surface area (Å²) in [5.74, 6) is -1.62. The molecule has 3 aromatic carbocycles. The quantitative estimate of drug-likeness (QED) is 0.332. The number of anilines is 1. The topological polar surface area (TPSA) is 86.8 Å². The molecule has 0 fully saturated rings. The minimum Gasteiger partial charge on any atom is -0.352 e. The van der Waals surface area contributed by atoms with Crippen LogP contribution in [-0.4, -0.2) is 43.8 Å². The smallest absolute Gasteiger partial charge is 0.264 e. The highest BCUT2D eigenvalue weighted by Crippen LogP contribution is 2.26. The van der Waals surface area contributed by atoms with E-state index in [2.05, 4.69) is 5.32 Å². The molecule has 1 atom stereocenters. The Balaban J connectivity index is 2.04. The van der Waals surface area contributed by atoms with Crippen LogP contribution in [0.3, 0.4) is 0 Å². The van der Waals surface area contributed by atoms with Gasteiger partial charge in [0, 0.05) is 12.6 Å². The zero-order valence-corrected chi connectivity index (χ0v) is 24.3. The van der Waals surface area contributed by atoms with Crippen molar-refractivity contribution in [3.8, 4) is 0 Å². The second kappa shape index (κ2) is 12.8. The van der Waals surface area contributed by atoms with E-state index in [1.165, 1.54) is 4.90 Å². The van der Waals surface area contributed by atoms with Gasteiger partial charge in [-0.2, -0.15) is 0 Å². The molecule has 1 N–H and O–H groups in total. The van der Waals surface area contributed by atoms with Crippen molar-refractivity contribution in [1.29, 1.82) is 0 Å². The van der Waals surface area contributed by atoms with Gasteiger partial charge < -0.3 is 10.2 Å². The van der Waals surface area contributed by atoms with Gasteiger partial charge in [0.1, 0.15) is 18.4 Å². The van der Waals surface area contributed by atoms with Crippen molar-refractivity contribution in [1.82, 2.24) is 10.2 Å². The van der Waals surface area contributed by atoms with Crippen LogP contribution in [0.1, 0.15) is 31.9 Å². The molecule has 0 heterocycles. The summed E-state index contributed by atoms with van der Waals surface area (Å²) < 4.78 is 41.9. The van der Waals surface area contributed by atoms with E-state index in [0.29, 0.717) is 10.6 Å². The van der Waals surface area contributed by atoms with E-state index in [1.54, 1.807) is 63.2 Å². The van der Waals surface area contributed by atoms with Gasteiger partial charge in [0.25, 0.3) is 10.0 Å². The Morgan fingerprint density at radius 3 is 2.10 bits per heavy atom. The summed E-state index contributed by atoms with van der Waals surface area (Å²) in [6.07, 6.45) is 0. The molecule has 0 saturated heterocycles. The first-order valence-electron chi connectivity index (χ1n) is 12.2. The van der Waals surface area contributed by atoms with E-state index >= 15 is 0 Å². The Kier molecular flexibility index (Phi) is 9.98. The maximum atomic E-state index is 13.8. The van der Waals surface area contributed by atoms with Crippen LogP contribution >= 0.6 is 23.2 Å². The Morgan fingerprint density at radius 1 is 0.923 bits per heavy atom. The average molecular weight is 595 g/mol. The molecule has 0 aliphatic rings. The molecule has 0 aromatic heterocycles. The van der Waals surface area contributed by atoms with Crippen molar-refractivity contribution >= 4 is 50.7 Å². The van der Waals surface area contributed by atoms with E-state index in [4.69, 9.17) is 23.2 Å². The van der Waals surface area contributed by atoms with Crippen LogP contribution in [0.25, 0.3) is 0 Å². The van der Waals surface area contributed by atoms with Gasteiger partial charge in [0.05, 0.1) is 20.6 Å². The number of hydrogen-bond acceptors (Lipinski definition) is 4. The van der Waals surface area contributed by atoms with Crippen LogP contribution in [0.15, 0.2) is 71.6 Å². The van der Waals surface area contributed by atoms with E-state index < -0.39 is 40.2 Å². The third-order valence-corrected chi connectivity index (χ3v) is 8.46. The van der Waals surface area contributed by atoms with Gasteiger partial charge in [0.2, 0.25) is 11.8 Å². The number of nitrogens with one attached hydrogen (secondary N) is 1. The summed E-state index contributed by atoms with van der Waals surface area (Å²) in [4.78, 5) is 27.9. The SMILES string of the molecule is Cc1ccc(N(CC(=O)N(Cc2ccc(Cl)c(Cl)c2)[C@H](C)C(=O)NC(C)C)S(=O)(=O)c2ccc(F)cc2)cc1. The lowest BCUT2D eigenvalue weighted by atomic mass is 10.1. The molecule has 0 radical (unpaired) electrons. The lowest BCUT2D eigenvalue weighted by molar-refractivity contribution is -0.139. The molecule has 2 amide bonds. The molecule has 0 saturated carbocycles. The van der Waals surface area contributed by atoms with E-state index in [9.17, 15) is 22.4 Å². The molecule has 3 rings (SSSR count). The molecule has 0 aliphatic heterocycles. The van der Waals surface area contributed by atoms with Crippen LogP contribution < -0.4 is 9.62 Å². The highest BCUT2D eigenvalue weighted by atomic mass is 35.5. The standard InChI is InChI=1S/C28H30Cl2FN3O4S/c1-18(2)32-28(36)20(4)33(16-21-7-14-25(29)26(30)15-21)27(35)17-34(23-10-5-19(3)6-11-23)39(37,38)24-12-8-22(31)9-13-24/h5-15,18,20H,16-17H2,1-4H3,(H,32,36)/t20-/m1/s1. The lowest BCUT2D eigenvalue weighted by Gasteiger charge is -2.32. The van der Waals surface area contributed by atoms with Crippen molar-refractivity contribution in [2.75, 3.05) is 10.8 Å². The van der Waals surface area contributed by atoms with Crippen LogP contribution in [0.5, 0.6) is 0 Å². The van der Waals surface area contributed by atoms with Gasteiger partial charge in [0.15, 0.2) is 0 Å². The number of aryl methyl sites for hydroxylation is 1. The Labute approximate surface area is 238 Å². The highest BCUT2D eigenvalue weighted by molar-refractivity contribution is 7.92. The zero-order valence-electron chi connectivity index (χ0n) is 22.0. The maximum Gasteiger partial charge on any atom is 0.264 e. The van der Waals surface area contributed by atoms with Crippen LogP contribution in [0, 0.1) is 12.7 Å². The largest absolute Gasteiger partial charge is 0.352 e. The molecule has 39 heavy (non-hydrogen) atoms. The van der Waals surface area contributed by atoms with Gasteiger partial charge in [-0.1, -0.05) is 47.0 Å². The number of benzene rings is 3. The van der Waals surface area contributed by atoms with Crippen molar-refractivity contribution in [3.63, 3.8) is 0 Å². The molecular weight excluding hydrogens is 564 g/mol. The number of nitrogens with zero attached hydrogens (tertiary/aromatic N) is 2. The fourth-order valence-corrected chi connectivity index (χ4v) is 5.53. The number of rotatable bonds is 10. The summed E-state index contributed by atoms with van der Waals surface area (Å²) in [5, 5.41) is 3.40. The lowest BCUT2D eigenvalue weighted by Crippen LogP contribution is -2.52. The number of carbonyl (C=O) groups is 2. The summed E-state index contributed by atoms with van der Waals surface area (Å²) >= 11 is 12.2. The van der Waals surface area contributed by atoms with Gasteiger partial charge >= 0.3 is 0 Å².